The fraction of sp³-hybridized carbons (Fsp3) is 0.294. The summed E-state index contributed by atoms with van der Waals surface area (Å²) in [4.78, 5) is 0. The molecule has 86 valence electrons. The van der Waals surface area contributed by atoms with E-state index < -0.39 is 0 Å². The van der Waals surface area contributed by atoms with Gasteiger partial charge in [0.15, 0.2) is 0 Å². The fourth-order valence-corrected chi connectivity index (χ4v) is 3.16. The molecule has 0 fully saturated rings. The number of aryl methyl sites for hydroxylation is 2. The Labute approximate surface area is 103 Å². The molecule has 0 saturated carbocycles. The van der Waals surface area contributed by atoms with E-state index in [4.69, 9.17) is 0 Å². The van der Waals surface area contributed by atoms with Crippen LogP contribution in [0.4, 0.5) is 0 Å². The van der Waals surface area contributed by atoms with E-state index in [1.54, 1.807) is 5.56 Å². The van der Waals surface area contributed by atoms with Crippen molar-refractivity contribution in [2.45, 2.75) is 33.6 Å². The molecular weight excluding hydrogens is 204 g/mol. The van der Waals surface area contributed by atoms with Gasteiger partial charge in [0.1, 0.15) is 0 Å². The molecule has 0 N–H and O–H groups in total. The summed E-state index contributed by atoms with van der Waals surface area (Å²) >= 11 is 0. The Hall–Kier alpha value is -1.56. The van der Waals surface area contributed by atoms with Gasteiger partial charge >= 0.3 is 0 Å². The van der Waals surface area contributed by atoms with E-state index in [0.29, 0.717) is 5.92 Å². The van der Waals surface area contributed by atoms with Gasteiger partial charge in [-0.15, -0.1) is 0 Å². The first-order chi connectivity index (χ1) is 8.11. The molecule has 1 aliphatic rings. The number of hydrogen-bond donors (Lipinski definition) is 0. The Kier molecular flexibility index (Phi) is 2.16. The lowest BCUT2D eigenvalue weighted by Crippen LogP contribution is -1.98. The second kappa shape index (κ2) is 3.46. The molecule has 0 bridgehead atoms. The first-order valence-corrected chi connectivity index (χ1v) is 6.31. The Bertz CT molecular complexity index is 645. The van der Waals surface area contributed by atoms with Crippen LogP contribution < -0.4 is 0 Å². The molecule has 0 heteroatoms. The molecule has 0 radical (unpaired) electrons. The summed E-state index contributed by atoms with van der Waals surface area (Å²) in [5.74, 6) is 0.577. The highest BCUT2D eigenvalue weighted by Gasteiger charge is 2.23. The van der Waals surface area contributed by atoms with Gasteiger partial charge in [0, 0.05) is 5.92 Å². The predicted octanol–water partition coefficient (Wildman–Crippen LogP) is 4.98. The number of allylic oxidation sites excluding steroid dienone is 1. The molecule has 1 atom stereocenters. The molecule has 0 spiro atoms. The van der Waals surface area contributed by atoms with Crippen LogP contribution in [-0.4, -0.2) is 0 Å². The normalized spacial score (nSPS) is 18.4. The van der Waals surface area contributed by atoms with E-state index in [-0.39, 0.29) is 0 Å². The third-order valence-corrected chi connectivity index (χ3v) is 4.32. The zero-order valence-corrected chi connectivity index (χ0v) is 11.0. The average molecular weight is 222 g/mol. The molecule has 2 aromatic carbocycles. The Balaban J connectivity index is 2.49. The van der Waals surface area contributed by atoms with Crippen LogP contribution in [0.15, 0.2) is 29.8 Å². The van der Waals surface area contributed by atoms with Crippen LogP contribution in [0.3, 0.4) is 0 Å². The zero-order chi connectivity index (χ0) is 12.2. The predicted molar refractivity (Wildman–Crippen MR) is 75.5 cm³/mol. The maximum Gasteiger partial charge on any atom is 0.00292 e. The second-order valence-electron chi connectivity index (χ2n) is 5.23. The van der Waals surface area contributed by atoms with Crippen molar-refractivity contribution < 1.29 is 0 Å². The maximum atomic E-state index is 2.37. The highest BCUT2D eigenvalue weighted by molar-refractivity contribution is 5.94. The molecular formula is C17H18. The fourth-order valence-electron chi connectivity index (χ4n) is 3.16. The van der Waals surface area contributed by atoms with Gasteiger partial charge in [-0.1, -0.05) is 42.8 Å². The topological polar surface area (TPSA) is 0 Å². The van der Waals surface area contributed by atoms with Crippen LogP contribution in [0, 0.1) is 13.8 Å². The SMILES string of the molecule is CC1=Cc2c(c(C)c3ccccc3c2C)C1C. The minimum Gasteiger partial charge on any atom is -0.0655 e. The van der Waals surface area contributed by atoms with Crippen molar-refractivity contribution in [3.8, 4) is 0 Å². The second-order valence-corrected chi connectivity index (χ2v) is 5.23. The van der Waals surface area contributed by atoms with E-state index in [2.05, 4.69) is 58.0 Å². The third-order valence-electron chi connectivity index (χ3n) is 4.32. The van der Waals surface area contributed by atoms with E-state index in [1.807, 2.05) is 0 Å². The number of benzene rings is 2. The first-order valence-electron chi connectivity index (χ1n) is 6.31. The number of fused-ring (bicyclic) bond motifs is 2. The van der Waals surface area contributed by atoms with Gasteiger partial charge in [0.2, 0.25) is 0 Å². The smallest absolute Gasteiger partial charge is 0.00292 e. The summed E-state index contributed by atoms with van der Waals surface area (Å²) in [7, 11) is 0. The van der Waals surface area contributed by atoms with Gasteiger partial charge in [0.25, 0.3) is 0 Å². The van der Waals surface area contributed by atoms with E-state index in [0.717, 1.165) is 0 Å². The van der Waals surface area contributed by atoms with Crippen LogP contribution >= 0.6 is 0 Å². The highest BCUT2D eigenvalue weighted by atomic mass is 14.3. The van der Waals surface area contributed by atoms with Crippen LogP contribution in [-0.2, 0) is 0 Å². The molecule has 0 amide bonds. The van der Waals surface area contributed by atoms with Crippen molar-refractivity contribution in [2.75, 3.05) is 0 Å². The quantitative estimate of drug-likeness (QED) is 0.590. The van der Waals surface area contributed by atoms with Crippen molar-refractivity contribution >= 4 is 16.8 Å². The Morgan fingerprint density at radius 1 is 0.882 bits per heavy atom. The van der Waals surface area contributed by atoms with Crippen LogP contribution in [0.2, 0.25) is 0 Å². The third kappa shape index (κ3) is 1.30. The van der Waals surface area contributed by atoms with E-state index in [1.165, 1.54) is 33.0 Å². The zero-order valence-electron chi connectivity index (χ0n) is 11.0. The molecule has 3 rings (SSSR count). The molecule has 17 heavy (non-hydrogen) atoms. The molecule has 0 nitrogen and oxygen atoms in total. The highest BCUT2D eigenvalue weighted by Crippen LogP contribution is 2.42. The van der Waals surface area contributed by atoms with E-state index >= 15 is 0 Å². The van der Waals surface area contributed by atoms with E-state index in [9.17, 15) is 0 Å². The summed E-state index contributed by atoms with van der Waals surface area (Å²) in [6.07, 6.45) is 2.37. The Morgan fingerprint density at radius 2 is 1.47 bits per heavy atom. The monoisotopic (exact) mass is 222 g/mol. The molecule has 1 aliphatic carbocycles. The standard InChI is InChI=1S/C17H18/c1-10-9-16-12(3)14-7-5-6-8-15(14)13(4)17(16)11(10)2/h5-9,11H,1-4H3. The lowest BCUT2D eigenvalue weighted by Gasteiger charge is -2.16. The molecule has 1 unspecified atom stereocenters. The van der Waals surface area contributed by atoms with Crippen molar-refractivity contribution in [1.29, 1.82) is 0 Å². The summed E-state index contributed by atoms with van der Waals surface area (Å²) in [5, 5.41) is 2.82. The minimum atomic E-state index is 0.577. The van der Waals surface area contributed by atoms with Crippen molar-refractivity contribution in [2.24, 2.45) is 0 Å². The summed E-state index contributed by atoms with van der Waals surface area (Å²) < 4.78 is 0. The molecule has 2 aromatic rings. The number of rotatable bonds is 0. The van der Waals surface area contributed by atoms with Gasteiger partial charge in [0.05, 0.1) is 0 Å². The van der Waals surface area contributed by atoms with Crippen molar-refractivity contribution in [3.63, 3.8) is 0 Å². The Morgan fingerprint density at radius 3 is 2.12 bits per heavy atom. The first kappa shape index (κ1) is 10.6. The lowest BCUT2D eigenvalue weighted by molar-refractivity contribution is 0.912. The average Bonchev–Trinajstić information content (AvgIpc) is 2.64. The van der Waals surface area contributed by atoms with Crippen molar-refractivity contribution in [3.05, 3.63) is 52.1 Å². The molecule has 0 heterocycles. The molecule has 0 aliphatic heterocycles. The molecule has 0 saturated heterocycles. The van der Waals surface area contributed by atoms with Crippen molar-refractivity contribution in [1.82, 2.24) is 0 Å². The number of hydrogen-bond acceptors (Lipinski definition) is 0. The van der Waals surface area contributed by atoms with Crippen LogP contribution in [0.1, 0.15) is 42.0 Å². The summed E-state index contributed by atoms with van der Waals surface area (Å²) in [5.41, 5.74) is 7.39. The largest absolute Gasteiger partial charge is 0.0655 e. The van der Waals surface area contributed by atoms with Crippen LogP contribution in [0.25, 0.3) is 16.8 Å². The van der Waals surface area contributed by atoms with Gasteiger partial charge in [-0.25, -0.2) is 0 Å². The lowest BCUT2D eigenvalue weighted by atomic mass is 9.88. The van der Waals surface area contributed by atoms with Gasteiger partial charge in [-0.3, -0.25) is 0 Å². The maximum absolute atomic E-state index is 2.37. The summed E-state index contributed by atoms with van der Waals surface area (Å²) in [6.45, 7) is 9.08. The summed E-state index contributed by atoms with van der Waals surface area (Å²) in [6, 6.07) is 8.76. The molecule has 0 aromatic heterocycles. The van der Waals surface area contributed by atoms with Gasteiger partial charge in [-0.2, -0.15) is 0 Å². The van der Waals surface area contributed by atoms with Gasteiger partial charge < -0.3 is 0 Å². The minimum absolute atomic E-state index is 0.577. The van der Waals surface area contributed by atoms with Gasteiger partial charge in [-0.05, 0) is 53.8 Å². The van der Waals surface area contributed by atoms with Crippen LogP contribution in [0.5, 0.6) is 0 Å².